The summed E-state index contributed by atoms with van der Waals surface area (Å²) >= 11 is 0. The zero-order chi connectivity index (χ0) is 12.4. The van der Waals surface area contributed by atoms with Crippen molar-refractivity contribution in [2.45, 2.75) is 12.5 Å². The molecule has 7 heteroatoms. The molecule has 0 radical (unpaired) electrons. The number of carbonyl (C=O) groups is 2. The van der Waals surface area contributed by atoms with Gasteiger partial charge in [0.15, 0.2) is 0 Å². The SMILES string of the molecule is CN(C)CCO.N[C@@H](CC(=O)O)C(=O)O. The van der Waals surface area contributed by atoms with E-state index in [1.54, 1.807) is 0 Å². The van der Waals surface area contributed by atoms with Crippen LogP contribution in [0.1, 0.15) is 6.42 Å². The Kier molecular flexibility index (Phi) is 10.2. The first-order valence-electron chi connectivity index (χ1n) is 4.27. The van der Waals surface area contributed by atoms with Gasteiger partial charge in [-0.05, 0) is 14.1 Å². The molecule has 0 aromatic heterocycles. The maximum absolute atomic E-state index is 9.85. The molecule has 15 heavy (non-hydrogen) atoms. The summed E-state index contributed by atoms with van der Waals surface area (Å²) < 4.78 is 0. The summed E-state index contributed by atoms with van der Waals surface area (Å²) in [6.07, 6.45) is -0.532. The first-order chi connectivity index (χ1) is 6.81. The molecule has 0 heterocycles. The maximum atomic E-state index is 9.85. The van der Waals surface area contributed by atoms with E-state index in [2.05, 4.69) is 0 Å². The number of hydrogen-bond donors (Lipinski definition) is 4. The Balaban J connectivity index is 0. The number of rotatable bonds is 5. The van der Waals surface area contributed by atoms with Crippen molar-refractivity contribution in [3.05, 3.63) is 0 Å². The third-order valence-corrected chi connectivity index (χ3v) is 1.26. The minimum atomic E-state index is -1.29. The molecule has 0 aliphatic rings. The second-order valence-corrected chi connectivity index (χ2v) is 3.07. The molecule has 0 rings (SSSR count). The molecule has 0 spiro atoms. The van der Waals surface area contributed by atoms with Crippen LogP contribution in [-0.2, 0) is 9.59 Å². The number of nitrogens with two attached hydrogens (primary N) is 1. The zero-order valence-corrected chi connectivity index (χ0v) is 8.88. The van der Waals surface area contributed by atoms with Crippen LogP contribution >= 0.6 is 0 Å². The van der Waals surface area contributed by atoms with Crippen molar-refractivity contribution in [2.75, 3.05) is 27.2 Å². The lowest BCUT2D eigenvalue weighted by atomic mass is 10.2. The number of aliphatic hydroxyl groups is 1. The van der Waals surface area contributed by atoms with Crippen LogP contribution in [0.4, 0.5) is 0 Å². The molecule has 5 N–H and O–H groups in total. The first kappa shape index (κ1) is 16.3. The number of carboxylic acid groups (broad SMARTS) is 2. The van der Waals surface area contributed by atoms with Gasteiger partial charge >= 0.3 is 11.9 Å². The van der Waals surface area contributed by atoms with E-state index in [1.807, 2.05) is 19.0 Å². The standard InChI is InChI=1S/C4H7NO4.C4H11NO/c5-2(4(8)9)1-3(6)7;1-5(2)3-4-6/h2H,1,5H2,(H,6,7)(H,8,9);6H,3-4H2,1-2H3/t2-;/m0./s1. The Morgan fingerprint density at radius 3 is 1.87 bits per heavy atom. The molecule has 0 unspecified atom stereocenters. The Bertz CT molecular complexity index is 195. The number of aliphatic carboxylic acids is 2. The average molecular weight is 222 g/mol. The highest BCUT2D eigenvalue weighted by Crippen LogP contribution is 1.86. The summed E-state index contributed by atoms with van der Waals surface area (Å²) in [7, 11) is 3.85. The van der Waals surface area contributed by atoms with Gasteiger partial charge in [0.2, 0.25) is 0 Å². The van der Waals surface area contributed by atoms with E-state index in [0.717, 1.165) is 6.54 Å². The molecule has 0 aromatic rings. The average Bonchev–Trinajstić information content (AvgIpc) is 2.03. The van der Waals surface area contributed by atoms with Gasteiger partial charge in [0.25, 0.3) is 0 Å². The summed E-state index contributed by atoms with van der Waals surface area (Å²) in [5.41, 5.74) is 4.84. The molecule has 0 amide bonds. The second kappa shape index (κ2) is 9.38. The van der Waals surface area contributed by atoms with Crippen molar-refractivity contribution in [3.63, 3.8) is 0 Å². The number of aliphatic hydroxyl groups excluding tert-OH is 1. The van der Waals surface area contributed by atoms with Crippen LogP contribution < -0.4 is 5.73 Å². The Hall–Kier alpha value is -1.18. The molecule has 7 nitrogen and oxygen atoms in total. The number of nitrogens with zero attached hydrogens (tertiary/aromatic N) is 1. The van der Waals surface area contributed by atoms with Crippen molar-refractivity contribution in [1.82, 2.24) is 4.90 Å². The number of hydrogen-bond acceptors (Lipinski definition) is 5. The van der Waals surface area contributed by atoms with E-state index in [1.165, 1.54) is 0 Å². The predicted octanol–water partition coefficient (Wildman–Crippen LogP) is -1.59. The molecule has 1 atom stereocenters. The topological polar surface area (TPSA) is 124 Å². The lowest BCUT2D eigenvalue weighted by molar-refractivity contribution is -0.144. The molecule has 90 valence electrons. The fourth-order valence-corrected chi connectivity index (χ4v) is 0.475. The van der Waals surface area contributed by atoms with E-state index in [4.69, 9.17) is 21.1 Å². The molecule has 0 bridgehead atoms. The van der Waals surface area contributed by atoms with Crippen molar-refractivity contribution < 1.29 is 24.9 Å². The zero-order valence-electron chi connectivity index (χ0n) is 8.88. The molecular weight excluding hydrogens is 204 g/mol. The fourth-order valence-electron chi connectivity index (χ4n) is 0.475. The quantitative estimate of drug-likeness (QED) is 0.442. The second-order valence-electron chi connectivity index (χ2n) is 3.07. The summed E-state index contributed by atoms with van der Waals surface area (Å²) in [5, 5.41) is 24.2. The number of carboxylic acids is 2. The monoisotopic (exact) mass is 222 g/mol. The lowest BCUT2D eigenvalue weighted by Crippen LogP contribution is -2.32. The van der Waals surface area contributed by atoms with Crippen LogP contribution in [0.2, 0.25) is 0 Å². The Labute approximate surface area is 88.1 Å². The molecule has 0 saturated carbocycles. The fraction of sp³-hybridized carbons (Fsp3) is 0.750. The van der Waals surface area contributed by atoms with Crippen molar-refractivity contribution >= 4 is 11.9 Å². The van der Waals surface area contributed by atoms with Crippen LogP contribution in [0, 0.1) is 0 Å². The molecule has 0 saturated heterocycles. The van der Waals surface area contributed by atoms with Gasteiger partial charge < -0.3 is 26.0 Å². The van der Waals surface area contributed by atoms with Gasteiger partial charge in [0, 0.05) is 6.54 Å². The molecule has 0 aromatic carbocycles. The molecule has 0 aliphatic carbocycles. The third-order valence-electron chi connectivity index (χ3n) is 1.26. The van der Waals surface area contributed by atoms with Gasteiger partial charge in [-0.15, -0.1) is 0 Å². The van der Waals surface area contributed by atoms with Gasteiger partial charge in [-0.1, -0.05) is 0 Å². The third kappa shape index (κ3) is 15.6. The van der Waals surface area contributed by atoms with Gasteiger partial charge in [0.05, 0.1) is 13.0 Å². The Morgan fingerprint density at radius 1 is 1.33 bits per heavy atom. The highest BCUT2D eigenvalue weighted by molar-refractivity contribution is 5.80. The molecular formula is C8H18N2O5. The lowest BCUT2D eigenvalue weighted by Gasteiger charge is -2.03. The van der Waals surface area contributed by atoms with Crippen LogP contribution in [-0.4, -0.2) is 65.4 Å². The molecule has 0 fully saturated rings. The normalized spacial score (nSPS) is 11.5. The highest BCUT2D eigenvalue weighted by atomic mass is 16.4. The minimum Gasteiger partial charge on any atom is -0.481 e. The summed E-state index contributed by atoms with van der Waals surface area (Å²) in [4.78, 5) is 21.5. The Morgan fingerprint density at radius 2 is 1.80 bits per heavy atom. The minimum absolute atomic E-state index is 0.257. The van der Waals surface area contributed by atoms with Gasteiger partial charge in [0.1, 0.15) is 6.04 Å². The molecule has 0 aliphatic heterocycles. The van der Waals surface area contributed by atoms with Crippen LogP contribution in [0.3, 0.4) is 0 Å². The van der Waals surface area contributed by atoms with Crippen molar-refractivity contribution in [1.29, 1.82) is 0 Å². The van der Waals surface area contributed by atoms with E-state index < -0.39 is 24.4 Å². The summed E-state index contributed by atoms with van der Waals surface area (Å²) in [6.45, 7) is 1.02. The van der Waals surface area contributed by atoms with Gasteiger partial charge in [-0.25, -0.2) is 0 Å². The summed E-state index contributed by atoms with van der Waals surface area (Å²) in [5.74, 6) is -2.50. The van der Waals surface area contributed by atoms with E-state index in [9.17, 15) is 9.59 Å². The number of likely N-dealkylation sites (N-methyl/N-ethyl adjacent to an activating group) is 1. The van der Waals surface area contributed by atoms with E-state index in [0.29, 0.717) is 0 Å². The summed E-state index contributed by atoms with van der Waals surface area (Å²) in [6, 6.07) is -1.29. The van der Waals surface area contributed by atoms with Gasteiger partial charge in [-0.3, -0.25) is 9.59 Å². The maximum Gasteiger partial charge on any atom is 0.321 e. The first-order valence-corrected chi connectivity index (χ1v) is 4.27. The predicted molar refractivity (Wildman–Crippen MR) is 53.5 cm³/mol. The van der Waals surface area contributed by atoms with Crippen LogP contribution in [0.5, 0.6) is 0 Å². The largest absolute Gasteiger partial charge is 0.481 e. The van der Waals surface area contributed by atoms with Crippen LogP contribution in [0.15, 0.2) is 0 Å². The van der Waals surface area contributed by atoms with Crippen molar-refractivity contribution in [2.24, 2.45) is 5.73 Å². The van der Waals surface area contributed by atoms with Crippen molar-refractivity contribution in [3.8, 4) is 0 Å². The van der Waals surface area contributed by atoms with Crippen LogP contribution in [0.25, 0.3) is 0 Å². The van der Waals surface area contributed by atoms with E-state index >= 15 is 0 Å². The smallest absolute Gasteiger partial charge is 0.321 e. The van der Waals surface area contributed by atoms with Gasteiger partial charge in [-0.2, -0.15) is 0 Å². The highest BCUT2D eigenvalue weighted by Gasteiger charge is 2.14. The van der Waals surface area contributed by atoms with E-state index in [-0.39, 0.29) is 6.61 Å².